The summed E-state index contributed by atoms with van der Waals surface area (Å²) in [6, 6.07) is 0.573. The third kappa shape index (κ3) is 4.94. The molecular formula is C14H31N3. The second kappa shape index (κ2) is 7.34. The van der Waals surface area contributed by atoms with Crippen molar-refractivity contribution < 1.29 is 0 Å². The number of rotatable bonds is 5. The molecule has 1 aliphatic rings. The lowest BCUT2D eigenvalue weighted by Gasteiger charge is -2.35. The summed E-state index contributed by atoms with van der Waals surface area (Å²) < 4.78 is 0. The SMILES string of the molecule is CC(C)CC(C)C(CN)N1CCCN(C)CC1. The van der Waals surface area contributed by atoms with Gasteiger partial charge in [-0.05, 0) is 44.8 Å². The van der Waals surface area contributed by atoms with Crippen molar-refractivity contribution in [1.82, 2.24) is 9.80 Å². The van der Waals surface area contributed by atoms with Gasteiger partial charge in [0.15, 0.2) is 0 Å². The summed E-state index contributed by atoms with van der Waals surface area (Å²) in [7, 11) is 2.22. The molecule has 1 saturated heterocycles. The quantitative estimate of drug-likeness (QED) is 0.794. The zero-order valence-corrected chi connectivity index (χ0v) is 12.2. The van der Waals surface area contributed by atoms with Crippen molar-refractivity contribution in [3.8, 4) is 0 Å². The van der Waals surface area contributed by atoms with E-state index in [0.717, 1.165) is 12.5 Å². The van der Waals surface area contributed by atoms with Gasteiger partial charge in [-0.15, -0.1) is 0 Å². The Morgan fingerprint density at radius 1 is 1.06 bits per heavy atom. The molecule has 1 aliphatic heterocycles. The molecule has 17 heavy (non-hydrogen) atoms. The highest BCUT2D eigenvalue weighted by Gasteiger charge is 2.25. The first-order chi connectivity index (χ1) is 8.04. The van der Waals surface area contributed by atoms with E-state index in [1.54, 1.807) is 0 Å². The van der Waals surface area contributed by atoms with E-state index >= 15 is 0 Å². The second-order valence-electron chi connectivity index (χ2n) is 6.10. The minimum Gasteiger partial charge on any atom is -0.329 e. The number of hydrogen-bond acceptors (Lipinski definition) is 3. The van der Waals surface area contributed by atoms with Crippen LogP contribution in [0, 0.1) is 11.8 Å². The molecule has 2 atom stereocenters. The lowest BCUT2D eigenvalue weighted by molar-refractivity contribution is 0.145. The summed E-state index contributed by atoms with van der Waals surface area (Å²) in [5.74, 6) is 1.48. The molecule has 0 aromatic rings. The highest BCUT2D eigenvalue weighted by Crippen LogP contribution is 2.20. The number of likely N-dealkylation sites (N-methyl/N-ethyl adjacent to an activating group) is 1. The summed E-state index contributed by atoms with van der Waals surface area (Å²) in [4.78, 5) is 5.05. The van der Waals surface area contributed by atoms with E-state index in [1.807, 2.05) is 0 Å². The molecular weight excluding hydrogens is 210 g/mol. The molecule has 2 N–H and O–H groups in total. The molecule has 0 aromatic heterocycles. The van der Waals surface area contributed by atoms with E-state index in [9.17, 15) is 0 Å². The third-order valence-corrected chi connectivity index (χ3v) is 3.96. The van der Waals surface area contributed by atoms with Crippen LogP contribution in [0.2, 0.25) is 0 Å². The molecule has 1 fully saturated rings. The van der Waals surface area contributed by atoms with Gasteiger partial charge in [-0.3, -0.25) is 4.90 Å². The minimum absolute atomic E-state index is 0.573. The lowest BCUT2D eigenvalue weighted by atomic mass is 9.91. The zero-order valence-electron chi connectivity index (χ0n) is 12.2. The van der Waals surface area contributed by atoms with Crippen LogP contribution in [0.25, 0.3) is 0 Å². The van der Waals surface area contributed by atoms with Gasteiger partial charge in [0.1, 0.15) is 0 Å². The molecule has 1 rings (SSSR count). The van der Waals surface area contributed by atoms with E-state index in [1.165, 1.54) is 39.0 Å². The minimum atomic E-state index is 0.573. The second-order valence-corrected chi connectivity index (χ2v) is 6.10. The number of nitrogens with two attached hydrogens (primary N) is 1. The standard InChI is InChI=1S/C14H31N3/c1-12(2)10-13(3)14(11-15)17-7-5-6-16(4)8-9-17/h12-14H,5-11,15H2,1-4H3. The maximum Gasteiger partial charge on any atom is 0.0244 e. The molecule has 0 saturated carbocycles. The van der Waals surface area contributed by atoms with Gasteiger partial charge in [-0.1, -0.05) is 20.8 Å². The maximum atomic E-state index is 6.01. The van der Waals surface area contributed by atoms with E-state index in [-0.39, 0.29) is 0 Å². The lowest BCUT2D eigenvalue weighted by Crippen LogP contribution is -2.46. The van der Waals surface area contributed by atoms with E-state index in [4.69, 9.17) is 5.73 Å². The fraction of sp³-hybridized carbons (Fsp3) is 1.00. The van der Waals surface area contributed by atoms with Crippen molar-refractivity contribution in [2.45, 2.75) is 39.7 Å². The predicted octanol–water partition coefficient (Wildman–Crippen LogP) is 1.63. The Morgan fingerprint density at radius 2 is 1.76 bits per heavy atom. The van der Waals surface area contributed by atoms with Crippen LogP contribution in [0.3, 0.4) is 0 Å². The Balaban J connectivity index is 2.53. The van der Waals surface area contributed by atoms with Crippen molar-refractivity contribution in [2.75, 3.05) is 39.8 Å². The summed E-state index contributed by atoms with van der Waals surface area (Å²) in [6.07, 6.45) is 2.57. The van der Waals surface area contributed by atoms with Gasteiger partial charge >= 0.3 is 0 Å². The molecule has 3 heteroatoms. The van der Waals surface area contributed by atoms with Crippen LogP contribution in [-0.2, 0) is 0 Å². The molecule has 3 nitrogen and oxygen atoms in total. The van der Waals surface area contributed by atoms with Crippen LogP contribution in [0.4, 0.5) is 0 Å². The predicted molar refractivity (Wildman–Crippen MR) is 75.1 cm³/mol. The largest absolute Gasteiger partial charge is 0.329 e. The Labute approximate surface area is 107 Å². The number of hydrogen-bond donors (Lipinski definition) is 1. The normalized spacial score (nSPS) is 23.6. The van der Waals surface area contributed by atoms with Gasteiger partial charge in [-0.25, -0.2) is 0 Å². The van der Waals surface area contributed by atoms with Crippen molar-refractivity contribution in [3.05, 3.63) is 0 Å². The monoisotopic (exact) mass is 241 g/mol. The first kappa shape index (κ1) is 14.9. The van der Waals surface area contributed by atoms with Crippen molar-refractivity contribution in [3.63, 3.8) is 0 Å². The fourth-order valence-corrected chi connectivity index (χ4v) is 3.04. The average Bonchev–Trinajstić information content (AvgIpc) is 2.44. The molecule has 0 bridgehead atoms. The molecule has 0 aliphatic carbocycles. The van der Waals surface area contributed by atoms with Gasteiger partial charge in [0.2, 0.25) is 0 Å². The van der Waals surface area contributed by atoms with Crippen molar-refractivity contribution >= 4 is 0 Å². The Hall–Kier alpha value is -0.120. The van der Waals surface area contributed by atoms with Crippen LogP contribution in [0.1, 0.15) is 33.6 Å². The van der Waals surface area contributed by atoms with Crippen LogP contribution in [0.5, 0.6) is 0 Å². The van der Waals surface area contributed by atoms with Crippen LogP contribution in [0.15, 0.2) is 0 Å². The summed E-state index contributed by atoms with van der Waals surface area (Å²) in [5.41, 5.74) is 6.01. The molecule has 1 heterocycles. The fourth-order valence-electron chi connectivity index (χ4n) is 3.04. The highest BCUT2D eigenvalue weighted by molar-refractivity contribution is 4.81. The summed E-state index contributed by atoms with van der Waals surface area (Å²) in [5, 5.41) is 0. The highest BCUT2D eigenvalue weighted by atomic mass is 15.2. The molecule has 2 unspecified atom stereocenters. The van der Waals surface area contributed by atoms with E-state index in [2.05, 4.69) is 37.6 Å². The smallest absolute Gasteiger partial charge is 0.0244 e. The van der Waals surface area contributed by atoms with Crippen LogP contribution < -0.4 is 5.73 Å². The van der Waals surface area contributed by atoms with Gasteiger partial charge in [0, 0.05) is 25.7 Å². The van der Waals surface area contributed by atoms with E-state index < -0.39 is 0 Å². The summed E-state index contributed by atoms with van der Waals surface area (Å²) >= 11 is 0. The topological polar surface area (TPSA) is 32.5 Å². The zero-order chi connectivity index (χ0) is 12.8. The average molecular weight is 241 g/mol. The molecule has 0 aromatic carbocycles. The van der Waals surface area contributed by atoms with Gasteiger partial charge < -0.3 is 10.6 Å². The van der Waals surface area contributed by atoms with Crippen molar-refractivity contribution in [1.29, 1.82) is 0 Å². The molecule has 102 valence electrons. The molecule has 0 spiro atoms. The Bertz CT molecular complexity index is 206. The third-order valence-electron chi connectivity index (χ3n) is 3.96. The van der Waals surface area contributed by atoms with Gasteiger partial charge in [-0.2, -0.15) is 0 Å². The van der Waals surface area contributed by atoms with Gasteiger partial charge in [0.25, 0.3) is 0 Å². The van der Waals surface area contributed by atoms with Crippen LogP contribution in [-0.4, -0.2) is 55.6 Å². The molecule has 0 radical (unpaired) electrons. The maximum absolute atomic E-state index is 6.01. The number of nitrogens with zero attached hydrogens (tertiary/aromatic N) is 2. The van der Waals surface area contributed by atoms with Crippen molar-refractivity contribution in [2.24, 2.45) is 17.6 Å². The Kier molecular flexibility index (Phi) is 6.45. The first-order valence-corrected chi connectivity index (χ1v) is 7.17. The Morgan fingerprint density at radius 3 is 2.35 bits per heavy atom. The van der Waals surface area contributed by atoms with Crippen LogP contribution >= 0.6 is 0 Å². The molecule has 0 amide bonds. The van der Waals surface area contributed by atoms with Gasteiger partial charge in [0.05, 0.1) is 0 Å². The van der Waals surface area contributed by atoms with E-state index in [0.29, 0.717) is 12.0 Å². The first-order valence-electron chi connectivity index (χ1n) is 7.17. The summed E-state index contributed by atoms with van der Waals surface area (Å²) in [6.45, 7) is 12.6.